The van der Waals surface area contributed by atoms with E-state index in [9.17, 15) is 0 Å². The summed E-state index contributed by atoms with van der Waals surface area (Å²) in [6.45, 7) is 4.70. The van der Waals surface area contributed by atoms with Crippen LogP contribution in [0.3, 0.4) is 0 Å². The van der Waals surface area contributed by atoms with Crippen molar-refractivity contribution in [1.82, 2.24) is 9.55 Å². The molecule has 0 aliphatic heterocycles. The second-order valence-corrected chi connectivity index (χ2v) is 5.24. The molecule has 1 aliphatic carbocycles. The van der Waals surface area contributed by atoms with Gasteiger partial charge >= 0.3 is 0 Å². The number of nitrogens with two attached hydrogens (primary N) is 1. The molecule has 0 saturated heterocycles. The molecule has 1 heterocycles. The van der Waals surface area contributed by atoms with Crippen LogP contribution in [0.15, 0.2) is 18.7 Å². The third-order valence-corrected chi connectivity index (χ3v) is 3.71. The Labute approximate surface area is 103 Å². The van der Waals surface area contributed by atoms with Gasteiger partial charge in [-0.25, -0.2) is 4.98 Å². The molecule has 0 bridgehead atoms. The molecule has 1 saturated carbocycles. The first-order chi connectivity index (χ1) is 8.24. The van der Waals surface area contributed by atoms with Gasteiger partial charge in [0, 0.05) is 32.1 Å². The van der Waals surface area contributed by atoms with Crippen molar-refractivity contribution in [3.63, 3.8) is 0 Å². The molecular weight excluding hydrogens is 214 g/mol. The second kappa shape index (κ2) is 5.65. The van der Waals surface area contributed by atoms with Gasteiger partial charge in [-0.1, -0.05) is 6.92 Å². The summed E-state index contributed by atoms with van der Waals surface area (Å²) in [7, 11) is 0. The summed E-state index contributed by atoms with van der Waals surface area (Å²) in [5, 5.41) is 0. The molecule has 1 fully saturated rings. The highest BCUT2D eigenvalue weighted by Crippen LogP contribution is 2.36. The van der Waals surface area contributed by atoms with Crippen LogP contribution in [0, 0.1) is 5.92 Å². The van der Waals surface area contributed by atoms with Gasteiger partial charge in [-0.05, 0) is 31.6 Å². The summed E-state index contributed by atoms with van der Waals surface area (Å²) in [4.78, 5) is 4.02. The average molecular weight is 237 g/mol. The van der Waals surface area contributed by atoms with Crippen molar-refractivity contribution in [2.45, 2.75) is 44.8 Å². The lowest BCUT2D eigenvalue weighted by molar-refractivity contribution is -0.0378. The van der Waals surface area contributed by atoms with Crippen molar-refractivity contribution in [1.29, 1.82) is 0 Å². The number of rotatable bonds is 6. The molecule has 96 valence electrons. The fourth-order valence-corrected chi connectivity index (χ4v) is 2.68. The zero-order valence-corrected chi connectivity index (χ0v) is 10.6. The normalized spacial score (nSPS) is 28.7. The number of aromatic nitrogens is 2. The monoisotopic (exact) mass is 237 g/mol. The summed E-state index contributed by atoms with van der Waals surface area (Å²) in [5.41, 5.74) is 5.83. The van der Waals surface area contributed by atoms with Gasteiger partial charge in [0.2, 0.25) is 0 Å². The Balaban J connectivity index is 1.70. The van der Waals surface area contributed by atoms with Gasteiger partial charge in [0.15, 0.2) is 0 Å². The summed E-state index contributed by atoms with van der Waals surface area (Å²) >= 11 is 0. The van der Waals surface area contributed by atoms with Crippen molar-refractivity contribution in [3.05, 3.63) is 18.7 Å². The highest BCUT2D eigenvalue weighted by Gasteiger charge is 2.36. The zero-order valence-electron chi connectivity index (χ0n) is 10.6. The molecule has 0 amide bonds. The fraction of sp³-hybridized carbons (Fsp3) is 0.769. The quantitative estimate of drug-likeness (QED) is 0.768. The van der Waals surface area contributed by atoms with E-state index in [1.165, 1.54) is 6.42 Å². The lowest BCUT2D eigenvalue weighted by atomic mass is 10.0. The van der Waals surface area contributed by atoms with E-state index in [-0.39, 0.29) is 5.60 Å². The SMILES string of the molecule is CC1CCC(CN)(OCCCn2ccnc2)C1. The molecule has 4 nitrogen and oxygen atoms in total. The minimum absolute atomic E-state index is 0.0334. The average Bonchev–Trinajstić information content (AvgIpc) is 2.95. The maximum atomic E-state index is 6.05. The van der Waals surface area contributed by atoms with E-state index in [0.29, 0.717) is 6.54 Å². The van der Waals surface area contributed by atoms with Gasteiger partial charge < -0.3 is 15.0 Å². The summed E-state index contributed by atoms with van der Waals surface area (Å²) in [5.74, 6) is 0.757. The van der Waals surface area contributed by atoms with Gasteiger partial charge in [0.1, 0.15) is 0 Å². The van der Waals surface area contributed by atoms with Crippen LogP contribution in [0.25, 0.3) is 0 Å². The summed E-state index contributed by atoms with van der Waals surface area (Å²) < 4.78 is 8.13. The third-order valence-electron chi connectivity index (χ3n) is 3.71. The van der Waals surface area contributed by atoms with Crippen LogP contribution in [0.4, 0.5) is 0 Å². The number of hydrogen-bond donors (Lipinski definition) is 1. The fourth-order valence-electron chi connectivity index (χ4n) is 2.68. The van der Waals surface area contributed by atoms with Crippen LogP contribution in [0.2, 0.25) is 0 Å². The number of ether oxygens (including phenoxy) is 1. The van der Waals surface area contributed by atoms with Crippen LogP contribution in [-0.2, 0) is 11.3 Å². The maximum absolute atomic E-state index is 6.05. The van der Waals surface area contributed by atoms with Gasteiger partial charge in [-0.15, -0.1) is 0 Å². The number of hydrogen-bond acceptors (Lipinski definition) is 3. The highest BCUT2D eigenvalue weighted by atomic mass is 16.5. The predicted molar refractivity (Wildman–Crippen MR) is 67.6 cm³/mol. The molecule has 2 unspecified atom stereocenters. The minimum Gasteiger partial charge on any atom is -0.374 e. The van der Waals surface area contributed by atoms with E-state index in [1.54, 1.807) is 6.20 Å². The highest BCUT2D eigenvalue weighted by molar-refractivity contribution is 4.90. The lowest BCUT2D eigenvalue weighted by Gasteiger charge is -2.28. The molecule has 0 aromatic carbocycles. The number of nitrogens with zero attached hydrogens (tertiary/aromatic N) is 2. The molecular formula is C13H23N3O. The largest absolute Gasteiger partial charge is 0.374 e. The standard InChI is InChI=1S/C13H23N3O/c1-12-3-4-13(9-12,10-14)17-8-2-6-16-7-5-15-11-16/h5,7,11-12H,2-4,6,8-10,14H2,1H3. The number of aryl methyl sites for hydroxylation is 1. The molecule has 0 radical (unpaired) electrons. The Kier molecular flexibility index (Phi) is 4.18. The number of imidazole rings is 1. The summed E-state index contributed by atoms with van der Waals surface area (Å²) in [6.07, 6.45) is 10.1. The molecule has 1 aromatic heterocycles. The molecule has 2 N–H and O–H groups in total. The third kappa shape index (κ3) is 3.30. The van der Waals surface area contributed by atoms with Crippen molar-refractivity contribution in [2.75, 3.05) is 13.2 Å². The van der Waals surface area contributed by atoms with Crippen molar-refractivity contribution in [2.24, 2.45) is 11.7 Å². The maximum Gasteiger partial charge on any atom is 0.0945 e. The van der Waals surface area contributed by atoms with Crippen LogP contribution in [-0.4, -0.2) is 28.3 Å². The topological polar surface area (TPSA) is 53.1 Å². The van der Waals surface area contributed by atoms with Crippen LogP contribution < -0.4 is 5.73 Å². The Hall–Kier alpha value is -0.870. The Morgan fingerprint density at radius 1 is 1.59 bits per heavy atom. The van der Waals surface area contributed by atoms with E-state index in [1.807, 2.05) is 12.5 Å². The van der Waals surface area contributed by atoms with Crippen molar-refractivity contribution < 1.29 is 4.74 Å². The van der Waals surface area contributed by atoms with Crippen molar-refractivity contribution >= 4 is 0 Å². The minimum atomic E-state index is -0.0334. The smallest absolute Gasteiger partial charge is 0.0945 e. The molecule has 2 atom stereocenters. The van der Waals surface area contributed by atoms with Gasteiger partial charge in [-0.2, -0.15) is 0 Å². The summed E-state index contributed by atoms with van der Waals surface area (Å²) in [6, 6.07) is 0. The lowest BCUT2D eigenvalue weighted by Crippen LogP contribution is -2.38. The van der Waals surface area contributed by atoms with Crippen LogP contribution in [0.5, 0.6) is 0 Å². The van der Waals surface area contributed by atoms with Crippen LogP contribution in [0.1, 0.15) is 32.6 Å². The van der Waals surface area contributed by atoms with E-state index in [0.717, 1.165) is 38.3 Å². The zero-order chi connectivity index (χ0) is 12.1. The molecule has 2 rings (SSSR count). The molecule has 1 aliphatic rings. The predicted octanol–water partition coefficient (Wildman–Crippen LogP) is 1.81. The Morgan fingerprint density at radius 3 is 3.06 bits per heavy atom. The molecule has 4 heteroatoms. The van der Waals surface area contributed by atoms with E-state index in [4.69, 9.17) is 10.5 Å². The first-order valence-corrected chi connectivity index (χ1v) is 6.54. The van der Waals surface area contributed by atoms with E-state index in [2.05, 4.69) is 16.5 Å². The second-order valence-electron chi connectivity index (χ2n) is 5.24. The molecule has 17 heavy (non-hydrogen) atoms. The molecule has 0 spiro atoms. The van der Waals surface area contributed by atoms with Gasteiger partial charge in [0.25, 0.3) is 0 Å². The van der Waals surface area contributed by atoms with Gasteiger partial charge in [0.05, 0.1) is 11.9 Å². The first kappa shape index (κ1) is 12.6. The van der Waals surface area contributed by atoms with Crippen molar-refractivity contribution in [3.8, 4) is 0 Å². The van der Waals surface area contributed by atoms with E-state index >= 15 is 0 Å². The Bertz CT molecular complexity index is 325. The van der Waals surface area contributed by atoms with E-state index < -0.39 is 0 Å². The van der Waals surface area contributed by atoms with Crippen LogP contribution >= 0.6 is 0 Å². The van der Waals surface area contributed by atoms with Gasteiger partial charge in [-0.3, -0.25) is 0 Å². The molecule has 1 aromatic rings. The first-order valence-electron chi connectivity index (χ1n) is 6.54. The Morgan fingerprint density at radius 2 is 2.47 bits per heavy atom.